The molecule has 0 saturated carbocycles. The third-order valence-electron chi connectivity index (χ3n) is 4.97. The quantitative estimate of drug-likeness (QED) is 0.763. The van der Waals surface area contributed by atoms with E-state index in [0.29, 0.717) is 18.5 Å². The second-order valence-electron chi connectivity index (χ2n) is 7.57. The van der Waals surface area contributed by atoms with Crippen LogP contribution >= 0.6 is 0 Å². The fourth-order valence-corrected chi connectivity index (χ4v) is 3.66. The molecule has 0 aromatic heterocycles. The molecule has 1 aromatic rings. The molecule has 7 heteroatoms. The number of benzene rings is 1. The Morgan fingerprint density at radius 1 is 1.28 bits per heavy atom. The van der Waals surface area contributed by atoms with E-state index in [1.807, 2.05) is 0 Å². The molecule has 1 saturated heterocycles. The Morgan fingerprint density at radius 3 is 2.48 bits per heavy atom. The van der Waals surface area contributed by atoms with Gasteiger partial charge in [0.05, 0.1) is 5.56 Å². The van der Waals surface area contributed by atoms with Gasteiger partial charge in [-0.25, -0.2) is 4.39 Å². The molecule has 3 nitrogen and oxygen atoms in total. The van der Waals surface area contributed by atoms with Crippen molar-refractivity contribution in [3.05, 3.63) is 34.4 Å². The van der Waals surface area contributed by atoms with E-state index in [4.69, 9.17) is 0 Å². The molecule has 0 spiro atoms. The molecule has 3 rings (SSSR count). The number of alkyl halides is 4. The smallest absolute Gasteiger partial charge is 0.332 e. The lowest BCUT2D eigenvalue weighted by Crippen LogP contribution is -2.30. The molecular formula is C18H22F4N2O. The average molecular weight is 358 g/mol. The largest absolute Gasteiger partial charge is 0.416 e. The number of likely N-dealkylation sites (tertiary alicyclic amines) is 1. The number of halogens is 4. The lowest BCUT2D eigenvalue weighted by Gasteiger charge is -2.20. The molecule has 0 bridgehead atoms. The summed E-state index contributed by atoms with van der Waals surface area (Å²) in [5, 5.41) is 0. The van der Waals surface area contributed by atoms with E-state index >= 15 is 0 Å². The SMILES string of the molecule is CC(C)N1Cc2c(cc(CN3CCC(C)(F)C3)cc2C(F)(F)F)C1=O. The minimum absolute atomic E-state index is 0.0206. The van der Waals surface area contributed by atoms with Crippen LogP contribution in [-0.4, -0.2) is 40.5 Å². The molecule has 2 aliphatic heterocycles. The molecule has 2 heterocycles. The Labute approximate surface area is 144 Å². The molecule has 1 fully saturated rings. The van der Waals surface area contributed by atoms with Gasteiger partial charge < -0.3 is 4.90 Å². The topological polar surface area (TPSA) is 23.6 Å². The molecule has 0 aliphatic carbocycles. The zero-order chi connectivity index (χ0) is 18.6. The van der Waals surface area contributed by atoms with Gasteiger partial charge in [-0.1, -0.05) is 0 Å². The Kier molecular flexibility index (Phi) is 4.34. The summed E-state index contributed by atoms with van der Waals surface area (Å²) in [4.78, 5) is 15.7. The summed E-state index contributed by atoms with van der Waals surface area (Å²) in [7, 11) is 0. The van der Waals surface area contributed by atoms with E-state index in [9.17, 15) is 22.4 Å². The third-order valence-corrected chi connectivity index (χ3v) is 4.97. The van der Waals surface area contributed by atoms with Gasteiger partial charge in [0, 0.05) is 37.8 Å². The van der Waals surface area contributed by atoms with Crippen LogP contribution in [0.4, 0.5) is 17.6 Å². The van der Waals surface area contributed by atoms with Gasteiger partial charge in [-0.15, -0.1) is 0 Å². The second kappa shape index (κ2) is 5.97. The lowest BCUT2D eigenvalue weighted by atomic mass is 9.98. The van der Waals surface area contributed by atoms with Crippen molar-refractivity contribution in [2.75, 3.05) is 13.1 Å². The maximum absolute atomic E-state index is 14.0. The fraction of sp³-hybridized carbons (Fsp3) is 0.611. The van der Waals surface area contributed by atoms with Crippen molar-refractivity contribution >= 4 is 5.91 Å². The van der Waals surface area contributed by atoms with Crippen LogP contribution in [0.1, 0.15) is 54.2 Å². The Bertz CT molecular complexity index is 697. The summed E-state index contributed by atoms with van der Waals surface area (Å²) < 4.78 is 54.5. The van der Waals surface area contributed by atoms with Crippen molar-refractivity contribution < 1.29 is 22.4 Å². The molecule has 1 aromatic carbocycles. The summed E-state index contributed by atoms with van der Waals surface area (Å²) in [5.74, 6) is -0.367. The highest BCUT2D eigenvalue weighted by atomic mass is 19.4. The Morgan fingerprint density at radius 2 is 1.96 bits per heavy atom. The van der Waals surface area contributed by atoms with Crippen molar-refractivity contribution in [1.29, 1.82) is 0 Å². The number of amides is 1. The molecule has 1 amide bonds. The number of rotatable bonds is 3. The van der Waals surface area contributed by atoms with Gasteiger partial charge in [0.2, 0.25) is 0 Å². The number of carbonyl (C=O) groups excluding carboxylic acids is 1. The zero-order valence-electron chi connectivity index (χ0n) is 14.6. The first-order valence-electron chi connectivity index (χ1n) is 8.43. The summed E-state index contributed by atoms with van der Waals surface area (Å²) in [6.07, 6.45) is -4.16. The minimum Gasteiger partial charge on any atom is -0.332 e. The second-order valence-corrected chi connectivity index (χ2v) is 7.57. The Hall–Kier alpha value is -1.63. The van der Waals surface area contributed by atoms with Gasteiger partial charge in [-0.2, -0.15) is 13.2 Å². The van der Waals surface area contributed by atoms with E-state index < -0.39 is 17.4 Å². The van der Waals surface area contributed by atoms with Crippen molar-refractivity contribution in [2.24, 2.45) is 0 Å². The van der Waals surface area contributed by atoms with Crippen molar-refractivity contribution in [3.63, 3.8) is 0 Å². The van der Waals surface area contributed by atoms with E-state index in [1.54, 1.807) is 24.8 Å². The monoisotopic (exact) mass is 358 g/mol. The molecule has 0 radical (unpaired) electrons. The standard InChI is InChI=1S/C18H22F4N2O/c1-11(2)24-9-14-13(16(24)25)6-12(7-15(14)18(20,21)22)8-23-5-4-17(3,19)10-23/h6-7,11H,4-5,8-10H2,1-3H3. The first-order chi connectivity index (χ1) is 11.5. The number of hydrogen-bond donors (Lipinski definition) is 0. The van der Waals surface area contributed by atoms with E-state index in [1.165, 1.54) is 11.8 Å². The summed E-state index contributed by atoms with van der Waals surface area (Å²) in [5.41, 5.74) is -1.48. The summed E-state index contributed by atoms with van der Waals surface area (Å²) in [6, 6.07) is 2.49. The molecule has 2 aliphatic rings. The van der Waals surface area contributed by atoms with Crippen molar-refractivity contribution in [3.8, 4) is 0 Å². The minimum atomic E-state index is -4.52. The van der Waals surface area contributed by atoms with Crippen molar-refractivity contribution in [1.82, 2.24) is 9.80 Å². The lowest BCUT2D eigenvalue weighted by molar-refractivity contribution is -0.138. The Balaban J connectivity index is 1.96. The van der Waals surface area contributed by atoms with Crippen LogP contribution in [0.3, 0.4) is 0 Å². The van der Waals surface area contributed by atoms with E-state index in [-0.39, 0.29) is 42.7 Å². The number of hydrogen-bond acceptors (Lipinski definition) is 2. The van der Waals surface area contributed by atoms with Gasteiger partial charge in [-0.05, 0) is 50.5 Å². The van der Waals surface area contributed by atoms with Gasteiger partial charge in [0.1, 0.15) is 5.67 Å². The molecule has 1 unspecified atom stereocenters. The van der Waals surface area contributed by atoms with Gasteiger partial charge in [0.15, 0.2) is 0 Å². The normalized spacial score (nSPS) is 24.5. The average Bonchev–Trinajstić information content (AvgIpc) is 2.98. The van der Waals surface area contributed by atoms with Gasteiger partial charge in [0.25, 0.3) is 5.91 Å². The molecule has 0 N–H and O–H groups in total. The zero-order valence-corrected chi connectivity index (χ0v) is 14.6. The maximum atomic E-state index is 14.0. The molecular weight excluding hydrogens is 336 g/mol. The van der Waals surface area contributed by atoms with Crippen LogP contribution < -0.4 is 0 Å². The number of nitrogens with zero attached hydrogens (tertiary/aromatic N) is 2. The summed E-state index contributed by atoms with van der Waals surface area (Å²) in [6.45, 7) is 5.95. The van der Waals surface area contributed by atoms with Crippen LogP contribution in [0.2, 0.25) is 0 Å². The first kappa shape index (κ1) is 18.2. The predicted octanol–water partition coefficient (Wildman–Crippen LogP) is 4.00. The van der Waals surface area contributed by atoms with Crippen LogP contribution in [0.25, 0.3) is 0 Å². The highest BCUT2D eigenvalue weighted by Gasteiger charge is 2.41. The van der Waals surface area contributed by atoms with Crippen LogP contribution in [0.15, 0.2) is 12.1 Å². The van der Waals surface area contributed by atoms with Crippen LogP contribution in [-0.2, 0) is 19.3 Å². The predicted molar refractivity (Wildman–Crippen MR) is 85.9 cm³/mol. The fourth-order valence-electron chi connectivity index (χ4n) is 3.66. The third kappa shape index (κ3) is 3.52. The highest BCUT2D eigenvalue weighted by molar-refractivity contribution is 5.99. The molecule has 25 heavy (non-hydrogen) atoms. The number of fused-ring (bicyclic) bond motifs is 1. The van der Waals surface area contributed by atoms with Gasteiger partial charge >= 0.3 is 6.18 Å². The maximum Gasteiger partial charge on any atom is 0.416 e. The number of carbonyl (C=O) groups is 1. The molecule has 138 valence electrons. The molecule has 1 atom stereocenters. The van der Waals surface area contributed by atoms with E-state index in [2.05, 4.69) is 0 Å². The van der Waals surface area contributed by atoms with E-state index in [0.717, 1.165) is 6.07 Å². The highest BCUT2D eigenvalue weighted by Crippen LogP contribution is 2.39. The van der Waals surface area contributed by atoms with Crippen molar-refractivity contribution in [2.45, 2.75) is 58.2 Å². The van der Waals surface area contributed by atoms with Crippen LogP contribution in [0, 0.1) is 0 Å². The summed E-state index contributed by atoms with van der Waals surface area (Å²) >= 11 is 0. The van der Waals surface area contributed by atoms with Gasteiger partial charge in [-0.3, -0.25) is 9.69 Å². The van der Waals surface area contributed by atoms with Crippen LogP contribution in [0.5, 0.6) is 0 Å². The first-order valence-corrected chi connectivity index (χ1v) is 8.43.